The standard InChI is InChI=1S/C31H43ClN2O6/c1-5-18-40-26-15-13-23(20-28(26)39-4)30(31(36)33-24-10-8-6-7-9-11-24)34(29(35)21-32)17-16-22-12-14-25(37-2)27(19-22)38-3/h12-15,19-20,24,30H,5-11,16-18,21H2,1-4H3,(H,33,36)/t30-/m1/s1. The summed E-state index contributed by atoms with van der Waals surface area (Å²) in [5, 5.41) is 3.25. The fourth-order valence-electron chi connectivity index (χ4n) is 5.12. The maximum Gasteiger partial charge on any atom is 0.247 e. The van der Waals surface area contributed by atoms with Gasteiger partial charge in [-0.15, -0.1) is 11.6 Å². The van der Waals surface area contributed by atoms with Crippen LogP contribution in [0.25, 0.3) is 0 Å². The van der Waals surface area contributed by atoms with Gasteiger partial charge in [-0.05, 0) is 61.1 Å². The fraction of sp³-hybridized carbons (Fsp3) is 0.548. The molecule has 0 radical (unpaired) electrons. The first-order valence-electron chi connectivity index (χ1n) is 14.1. The summed E-state index contributed by atoms with van der Waals surface area (Å²) in [5.41, 5.74) is 1.58. The van der Waals surface area contributed by atoms with Crippen molar-refractivity contribution in [2.24, 2.45) is 0 Å². The molecule has 40 heavy (non-hydrogen) atoms. The molecular weight excluding hydrogens is 532 g/mol. The summed E-state index contributed by atoms with van der Waals surface area (Å²) in [4.78, 5) is 28.8. The van der Waals surface area contributed by atoms with E-state index in [-0.39, 0.29) is 30.3 Å². The molecule has 2 aromatic carbocycles. The zero-order valence-corrected chi connectivity index (χ0v) is 24.9. The highest BCUT2D eigenvalue weighted by molar-refractivity contribution is 6.27. The maximum absolute atomic E-state index is 14.0. The van der Waals surface area contributed by atoms with Crippen molar-refractivity contribution in [2.45, 2.75) is 70.4 Å². The van der Waals surface area contributed by atoms with Crippen LogP contribution >= 0.6 is 11.6 Å². The molecule has 1 fully saturated rings. The van der Waals surface area contributed by atoms with Crippen molar-refractivity contribution in [1.82, 2.24) is 10.2 Å². The molecule has 0 aromatic heterocycles. The molecule has 2 amide bonds. The first-order valence-corrected chi connectivity index (χ1v) is 14.7. The maximum atomic E-state index is 14.0. The van der Waals surface area contributed by atoms with Crippen LogP contribution in [0.5, 0.6) is 23.0 Å². The number of methoxy groups -OCH3 is 3. The predicted molar refractivity (Wildman–Crippen MR) is 157 cm³/mol. The summed E-state index contributed by atoms with van der Waals surface area (Å²) in [6, 6.07) is 10.2. The van der Waals surface area contributed by atoms with E-state index in [2.05, 4.69) is 5.32 Å². The number of hydrogen-bond acceptors (Lipinski definition) is 6. The average molecular weight is 575 g/mol. The third kappa shape index (κ3) is 8.43. The van der Waals surface area contributed by atoms with Crippen LogP contribution in [-0.2, 0) is 16.0 Å². The lowest BCUT2D eigenvalue weighted by atomic mass is 10.0. The van der Waals surface area contributed by atoms with Gasteiger partial charge in [0.1, 0.15) is 11.9 Å². The van der Waals surface area contributed by atoms with Gasteiger partial charge < -0.3 is 29.2 Å². The second-order valence-corrected chi connectivity index (χ2v) is 10.3. The molecule has 0 aliphatic heterocycles. The van der Waals surface area contributed by atoms with Crippen LogP contribution in [0.3, 0.4) is 0 Å². The Morgan fingerprint density at radius 3 is 2.20 bits per heavy atom. The Bertz CT molecular complexity index is 1100. The van der Waals surface area contributed by atoms with Crippen molar-refractivity contribution in [2.75, 3.05) is 40.4 Å². The van der Waals surface area contributed by atoms with Gasteiger partial charge in [-0.25, -0.2) is 0 Å². The Labute approximate surface area is 243 Å². The number of alkyl halides is 1. The number of nitrogens with one attached hydrogen (secondary N) is 1. The van der Waals surface area contributed by atoms with E-state index in [1.807, 2.05) is 31.2 Å². The fourth-order valence-corrected chi connectivity index (χ4v) is 5.28. The van der Waals surface area contributed by atoms with Crippen LogP contribution in [0.2, 0.25) is 0 Å². The summed E-state index contributed by atoms with van der Waals surface area (Å²) in [5.74, 6) is 1.54. The number of amides is 2. The van der Waals surface area contributed by atoms with Crippen molar-refractivity contribution in [3.63, 3.8) is 0 Å². The zero-order chi connectivity index (χ0) is 28.9. The number of halogens is 1. The molecule has 0 heterocycles. The smallest absolute Gasteiger partial charge is 0.247 e. The van der Waals surface area contributed by atoms with Crippen LogP contribution in [0.4, 0.5) is 0 Å². The first kappa shape index (κ1) is 31.4. The third-order valence-electron chi connectivity index (χ3n) is 7.25. The van der Waals surface area contributed by atoms with Crippen molar-refractivity contribution in [3.05, 3.63) is 47.5 Å². The minimum atomic E-state index is -0.885. The molecule has 1 aliphatic carbocycles. The molecular formula is C31H43ClN2O6. The molecule has 1 aliphatic rings. The van der Waals surface area contributed by atoms with E-state index < -0.39 is 6.04 Å². The van der Waals surface area contributed by atoms with Gasteiger partial charge in [0.2, 0.25) is 11.8 Å². The number of carbonyl (C=O) groups is 2. The van der Waals surface area contributed by atoms with Gasteiger partial charge in [0.25, 0.3) is 0 Å². The first-order chi connectivity index (χ1) is 19.4. The number of benzene rings is 2. The number of carbonyl (C=O) groups excluding carboxylic acids is 2. The second kappa shape index (κ2) is 16.2. The van der Waals surface area contributed by atoms with Crippen molar-refractivity contribution < 1.29 is 28.5 Å². The minimum absolute atomic E-state index is 0.0744. The molecule has 1 saturated carbocycles. The van der Waals surface area contributed by atoms with E-state index in [9.17, 15) is 9.59 Å². The predicted octanol–water partition coefficient (Wildman–Crippen LogP) is 5.69. The van der Waals surface area contributed by atoms with E-state index in [1.54, 1.807) is 38.4 Å². The topological polar surface area (TPSA) is 86.3 Å². The summed E-state index contributed by atoms with van der Waals surface area (Å²) in [6.07, 6.45) is 7.72. The van der Waals surface area contributed by atoms with E-state index in [0.717, 1.165) is 37.7 Å². The Kier molecular flexibility index (Phi) is 12.7. The monoisotopic (exact) mass is 574 g/mol. The van der Waals surface area contributed by atoms with Crippen LogP contribution in [-0.4, -0.2) is 63.1 Å². The molecule has 3 rings (SSSR count). The molecule has 0 bridgehead atoms. The molecule has 8 nitrogen and oxygen atoms in total. The molecule has 0 unspecified atom stereocenters. The SMILES string of the molecule is CCCOc1ccc([C@H](C(=O)NC2CCCCCC2)N(CCc2ccc(OC)c(OC)c2)C(=O)CCl)cc1OC. The van der Waals surface area contributed by atoms with Crippen LogP contribution in [0.1, 0.15) is 69.0 Å². The van der Waals surface area contributed by atoms with Crippen LogP contribution in [0.15, 0.2) is 36.4 Å². The third-order valence-corrected chi connectivity index (χ3v) is 7.48. The van der Waals surface area contributed by atoms with Gasteiger partial charge in [-0.2, -0.15) is 0 Å². The second-order valence-electron chi connectivity index (χ2n) is 10.0. The van der Waals surface area contributed by atoms with Gasteiger partial charge in [0, 0.05) is 12.6 Å². The lowest BCUT2D eigenvalue weighted by Gasteiger charge is -2.32. The van der Waals surface area contributed by atoms with Gasteiger partial charge in [0.05, 0.1) is 27.9 Å². The van der Waals surface area contributed by atoms with Gasteiger partial charge in [0.15, 0.2) is 23.0 Å². The van der Waals surface area contributed by atoms with Crippen LogP contribution < -0.4 is 24.3 Å². The zero-order valence-electron chi connectivity index (χ0n) is 24.2. The highest BCUT2D eigenvalue weighted by atomic mass is 35.5. The van der Waals surface area contributed by atoms with E-state index in [0.29, 0.717) is 41.6 Å². The van der Waals surface area contributed by atoms with Gasteiger partial charge in [-0.1, -0.05) is 44.7 Å². The van der Waals surface area contributed by atoms with Crippen molar-refractivity contribution >= 4 is 23.4 Å². The number of hydrogen-bond donors (Lipinski definition) is 1. The van der Waals surface area contributed by atoms with E-state index >= 15 is 0 Å². The molecule has 1 atom stereocenters. The minimum Gasteiger partial charge on any atom is -0.493 e. The Morgan fingerprint density at radius 1 is 0.925 bits per heavy atom. The van der Waals surface area contributed by atoms with Crippen LogP contribution in [0, 0.1) is 0 Å². The highest BCUT2D eigenvalue weighted by Crippen LogP contribution is 2.34. The number of nitrogens with zero attached hydrogens (tertiary/aromatic N) is 1. The largest absolute Gasteiger partial charge is 0.493 e. The molecule has 2 aromatic rings. The molecule has 1 N–H and O–H groups in total. The summed E-state index contributed by atoms with van der Waals surface area (Å²) in [7, 11) is 4.74. The Balaban J connectivity index is 1.96. The highest BCUT2D eigenvalue weighted by Gasteiger charge is 2.33. The molecule has 9 heteroatoms. The quantitative estimate of drug-likeness (QED) is 0.230. The average Bonchev–Trinajstić information content (AvgIpc) is 3.26. The molecule has 220 valence electrons. The summed E-state index contributed by atoms with van der Waals surface area (Å²) >= 11 is 6.10. The normalized spacial score (nSPS) is 14.5. The van der Waals surface area contributed by atoms with Crippen molar-refractivity contribution in [3.8, 4) is 23.0 Å². The van der Waals surface area contributed by atoms with Crippen molar-refractivity contribution in [1.29, 1.82) is 0 Å². The summed E-state index contributed by atoms with van der Waals surface area (Å²) < 4.78 is 22.2. The van der Waals surface area contributed by atoms with E-state index in [4.69, 9.17) is 30.5 Å². The van der Waals surface area contributed by atoms with E-state index in [1.165, 1.54) is 12.8 Å². The number of ether oxygens (including phenoxy) is 4. The Morgan fingerprint density at radius 2 is 1.57 bits per heavy atom. The van der Waals surface area contributed by atoms with Gasteiger partial charge in [-0.3, -0.25) is 9.59 Å². The Hall–Kier alpha value is -3.13. The molecule has 0 saturated heterocycles. The summed E-state index contributed by atoms with van der Waals surface area (Å²) in [6.45, 7) is 2.85. The number of rotatable bonds is 14. The molecule has 0 spiro atoms. The van der Waals surface area contributed by atoms with Gasteiger partial charge >= 0.3 is 0 Å². The lowest BCUT2D eigenvalue weighted by molar-refractivity contribution is -0.139. The lowest BCUT2D eigenvalue weighted by Crippen LogP contribution is -2.47.